The van der Waals surface area contributed by atoms with E-state index in [-0.39, 0.29) is 108 Å². The number of fused-ring (bicyclic) bond motifs is 4. The summed E-state index contributed by atoms with van der Waals surface area (Å²) >= 11 is 0. The summed E-state index contributed by atoms with van der Waals surface area (Å²) < 4.78 is 33.8. The molecule has 0 radical (unpaired) electrons. The van der Waals surface area contributed by atoms with Crippen molar-refractivity contribution >= 4 is 47.1 Å². The van der Waals surface area contributed by atoms with Crippen molar-refractivity contribution in [3.05, 3.63) is 117 Å². The van der Waals surface area contributed by atoms with E-state index in [1.807, 2.05) is 18.7 Å². The lowest BCUT2D eigenvalue weighted by molar-refractivity contribution is -0.120. The lowest BCUT2D eigenvalue weighted by Gasteiger charge is -2.30. The summed E-state index contributed by atoms with van der Waals surface area (Å²) in [6, 6.07) is 0. The minimum absolute atomic E-state index is 0.0768. The molecule has 450 valence electrons. The molecule has 0 aromatic rings. The summed E-state index contributed by atoms with van der Waals surface area (Å²) in [5.74, 6) is -5.18. The molecule has 0 unspecified atom stereocenters. The highest BCUT2D eigenvalue weighted by Crippen LogP contribution is 2.33. The van der Waals surface area contributed by atoms with E-state index in [0.717, 1.165) is 12.2 Å². The monoisotopic (exact) mass is 1140 g/mol. The topological polar surface area (TPSA) is 312 Å². The molecule has 0 saturated carbocycles. The number of aliphatic hydroxyl groups excluding tert-OH is 2. The number of amides is 4. The summed E-state index contributed by atoms with van der Waals surface area (Å²) in [5.41, 5.74) is 12.7. The van der Waals surface area contributed by atoms with E-state index in [1.165, 1.54) is 66.6 Å². The predicted octanol–water partition coefficient (Wildman–Crippen LogP) is 5.33. The van der Waals surface area contributed by atoms with Crippen molar-refractivity contribution in [2.75, 3.05) is 48.6 Å². The number of hydrogen-bond acceptors (Lipinski definition) is 17. The van der Waals surface area contributed by atoms with E-state index < -0.39 is 108 Å². The van der Waals surface area contributed by atoms with Crippen LogP contribution in [0.15, 0.2) is 117 Å². The molecule has 12 atom stereocenters. The zero-order valence-electron chi connectivity index (χ0n) is 49.6. The van der Waals surface area contributed by atoms with E-state index in [0.29, 0.717) is 11.1 Å². The molecular formula is C61H85N5O16. The number of nitrogens with one attached hydrogen (secondary N) is 2. The van der Waals surface area contributed by atoms with E-state index in [4.69, 9.17) is 39.9 Å². The number of rotatable bonds is 12. The molecule has 0 spiro atoms. The van der Waals surface area contributed by atoms with E-state index in [9.17, 15) is 48.6 Å². The molecule has 2 aliphatic heterocycles. The maximum atomic E-state index is 14.5. The van der Waals surface area contributed by atoms with Gasteiger partial charge in [0, 0.05) is 99.0 Å². The zero-order valence-corrected chi connectivity index (χ0v) is 49.6. The van der Waals surface area contributed by atoms with Gasteiger partial charge in [-0.05, 0) is 96.2 Å². The molecule has 21 nitrogen and oxygen atoms in total. The number of methoxy groups -OCH3 is 4. The first-order chi connectivity index (χ1) is 38.6. The van der Waals surface area contributed by atoms with E-state index in [2.05, 4.69) is 10.6 Å². The Balaban J connectivity index is 1.68. The Bertz CT molecular complexity index is 2560. The molecule has 21 heteroatoms. The molecule has 0 aromatic heterocycles. The quantitative estimate of drug-likeness (QED) is 0.106. The highest BCUT2D eigenvalue weighted by molar-refractivity contribution is 6.24. The molecule has 0 fully saturated rings. The maximum Gasteiger partial charge on any atom is 0.405 e. The van der Waals surface area contributed by atoms with Crippen molar-refractivity contribution in [2.24, 2.45) is 35.1 Å². The van der Waals surface area contributed by atoms with Crippen molar-refractivity contribution in [3.8, 4) is 0 Å². The molecule has 4 bridgehead atoms. The second-order valence-corrected chi connectivity index (χ2v) is 21.9. The number of ketones is 4. The Morgan fingerprint density at radius 1 is 0.598 bits per heavy atom. The second-order valence-electron chi connectivity index (χ2n) is 21.9. The molecular weight excluding hydrogens is 1060 g/mol. The van der Waals surface area contributed by atoms with Crippen molar-refractivity contribution in [2.45, 2.75) is 143 Å². The summed E-state index contributed by atoms with van der Waals surface area (Å²) in [4.78, 5) is 110. The van der Waals surface area contributed by atoms with Crippen LogP contribution in [0.25, 0.3) is 0 Å². The number of nitrogens with zero attached hydrogens (tertiary/aromatic N) is 1. The average molecular weight is 1140 g/mol. The van der Waals surface area contributed by atoms with Gasteiger partial charge >= 0.3 is 12.2 Å². The number of aliphatic hydroxyl groups is 2. The van der Waals surface area contributed by atoms with Gasteiger partial charge in [0.25, 0.3) is 11.8 Å². The number of Topliss-reactive ketones (excluding diaryl/α,β-unsaturated/α-hetero) is 2. The Hall–Kier alpha value is -6.72. The third-order valence-electron chi connectivity index (χ3n) is 15.3. The van der Waals surface area contributed by atoms with Crippen LogP contribution in [-0.2, 0) is 57.2 Å². The van der Waals surface area contributed by atoms with Gasteiger partial charge in [-0.25, -0.2) is 9.59 Å². The Kier molecular flexibility index (Phi) is 26.2. The van der Waals surface area contributed by atoms with Crippen LogP contribution in [0.1, 0.15) is 93.9 Å². The fourth-order valence-corrected chi connectivity index (χ4v) is 10.6. The minimum Gasteiger partial charge on any atom is -0.439 e. The third-order valence-corrected chi connectivity index (χ3v) is 15.3. The molecule has 0 saturated heterocycles. The average Bonchev–Trinajstić information content (AvgIpc) is 3.57. The van der Waals surface area contributed by atoms with Gasteiger partial charge in [0.05, 0.1) is 35.8 Å². The first-order valence-corrected chi connectivity index (χ1v) is 27.5. The SMILES string of the molecule is CO[C@H]1/C=C\C=C(/C)C(=O)NC2=CC(=O)C(CCN(C)CCC3=C4C[C@@H](C)C[C@H](OC)[C@H](O)[C@@H](C)/C=C(\C)[C@H](OC(N)=O)[C@@H](OC)/C=C\C=C(/C)C(=O)NC(=CC3=O)C4=O)=C(C[C@@H](C)C[C@H](OC)[C@H](O)[C@@H](C)/C=C(\C)[C@@H]1OC(N)=O)C2=O. The molecule has 4 aliphatic rings. The van der Waals surface area contributed by atoms with Gasteiger partial charge in [0.2, 0.25) is 11.6 Å². The number of ether oxygens (including phenoxy) is 6. The molecule has 8 N–H and O–H groups in total. The second kappa shape index (κ2) is 31.6. The van der Waals surface area contributed by atoms with Crippen LogP contribution in [0.2, 0.25) is 0 Å². The largest absolute Gasteiger partial charge is 0.439 e. The van der Waals surface area contributed by atoms with Crippen molar-refractivity contribution in [1.82, 2.24) is 15.5 Å². The lowest BCUT2D eigenvalue weighted by atomic mass is 9.82. The van der Waals surface area contributed by atoms with Crippen LogP contribution in [0, 0.1) is 23.7 Å². The maximum absolute atomic E-state index is 14.5. The summed E-state index contributed by atoms with van der Waals surface area (Å²) in [6.07, 6.45) is 6.14. The number of allylic oxidation sites excluding steroid dienone is 8. The molecule has 4 amide bonds. The van der Waals surface area contributed by atoms with Crippen LogP contribution in [-0.4, -0.2) is 160 Å². The standard InChI is InChI=1S/C61H85N5O16/c1-32-24-42-40(46(67)30-44(54(42)71)64-58(73)34(3)16-14-18-48(77-10)56(81-60(62)75)38(7)28-36(5)52(69)50(26-32)79-12)20-22-66(9)23-21-41-43-25-33(2)27-51(80-13)53(70)37(6)29-39(8)57(82-61(63)76)49(78-11)19-15-17-35(4)59(74)65-45(55(43)72)31-47(41)68/h14-19,28-33,36-37,48-53,56-57,69-70H,20-27H2,1-13H3,(H2,62,75)(H2,63,76)(H,64,73)(H,65,74)/b18-14-,19-15-,34-16+,35-17+,38-28+,39-29+/t32-,33-,36+,37+,48+,49+,50+,51+,52-,53-,56+,57+/m1/s1. The molecule has 2 heterocycles. The molecule has 2 aliphatic carbocycles. The Labute approximate surface area is 481 Å². The summed E-state index contributed by atoms with van der Waals surface area (Å²) in [7, 11) is 7.51. The van der Waals surface area contributed by atoms with Crippen LogP contribution in [0.3, 0.4) is 0 Å². The highest BCUT2D eigenvalue weighted by Gasteiger charge is 2.36. The van der Waals surface area contributed by atoms with Gasteiger partial charge in [-0.15, -0.1) is 0 Å². The molecule has 0 aromatic carbocycles. The Morgan fingerprint density at radius 3 is 1.27 bits per heavy atom. The van der Waals surface area contributed by atoms with Gasteiger partial charge in [-0.1, -0.05) is 76.3 Å². The number of nitrogens with two attached hydrogens (primary N) is 2. The number of primary amides is 2. The van der Waals surface area contributed by atoms with Gasteiger partial charge in [-0.3, -0.25) is 28.8 Å². The lowest BCUT2D eigenvalue weighted by Crippen LogP contribution is -2.37. The number of carbonyl (C=O) groups is 8. The summed E-state index contributed by atoms with van der Waals surface area (Å²) in [6.45, 7) is 14.2. The number of hydrogen-bond donors (Lipinski definition) is 6. The molecule has 4 rings (SSSR count). The Morgan fingerprint density at radius 2 is 0.951 bits per heavy atom. The molecule has 82 heavy (non-hydrogen) atoms. The van der Waals surface area contributed by atoms with Crippen LogP contribution in [0.5, 0.6) is 0 Å². The van der Waals surface area contributed by atoms with Crippen LogP contribution in [0.4, 0.5) is 9.59 Å². The third kappa shape index (κ3) is 18.6. The van der Waals surface area contributed by atoms with Crippen molar-refractivity contribution in [3.63, 3.8) is 0 Å². The normalized spacial score (nSPS) is 32.6. The highest BCUT2D eigenvalue weighted by atomic mass is 16.6. The fourth-order valence-electron chi connectivity index (χ4n) is 10.6. The van der Waals surface area contributed by atoms with Gasteiger partial charge < -0.3 is 65.6 Å². The predicted molar refractivity (Wildman–Crippen MR) is 306 cm³/mol. The van der Waals surface area contributed by atoms with E-state index in [1.54, 1.807) is 59.0 Å². The van der Waals surface area contributed by atoms with Gasteiger partial charge in [0.1, 0.15) is 12.2 Å². The van der Waals surface area contributed by atoms with Crippen LogP contribution >= 0.6 is 0 Å². The van der Waals surface area contributed by atoms with Crippen molar-refractivity contribution in [1.29, 1.82) is 0 Å². The minimum atomic E-state index is -1.08. The van der Waals surface area contributed by atoms with Gasteiger partial charge in [-0.2, -0.15) is 0 Å². The van der Waals surface area contributed by atoms with Crippen LogP contribution < -0.4 is 22.1 Å². The first-order valence-electron chi connectivity index (χ1n) is 27.5. The first kappa shape index (κ1) is 67.8. The number of carbonyl (C=O) groups excluding carboxylic acids is 8. The summed E-state index contributed by atoms with van der Waals surface area (Å²) in [5, 5.41) is 28.5. The fraction of sp³-hybridized carbons (Fsp3) is 0.541. The van der Waals surface area contributed by atoms with E-state index >= 15 is 0 Å². The smallest absolute Gasteiger partial charge is 0.405 e. The zero-order chi connectivity index (χ0) is 61.3. The van der Waals surface area contributed by atoms with Gasteiger partial charge in [0.15, 0.2) is 23.8 Å². The van der Waals surface area contributed by atoms with Crippen molar-refractivity contribution < 1.29 is 77.0 Å².